The minimum Gasteiger partial charge on any atom is -0.489 e. The summed E-state index contributed by atoms with van der Waals surface area (Å²) in [6.45, 7) is 9.76. The highest BCUT2D eigenvalue weighted by Gasteiger charge is 2.08. The summed E-state index contributed by atoms with van der Waals surface area (Å²) in [6.07, 6.45) is 4.29. The fraction of sp³-hybridized carbons (Fsp3) is 0.529. The van der Waals surface area contributed by atoms with Crippen LogP contribution in [0.5, 0.6) is 5.75 Å². The van der Waals surface area contributed by atoms with Gasteiger partial charge in [-0.15, -0.1) is 12.4 Å². The van der Waals surface area contributed by atoms with E-state index in [4.69, 9.17) is 9.47 Å². The van der Waals surface area contributed by atoms with Crippen LogP contribution in [-0.4, -0.2) is 44.4 Å². The zero-order valence-electron chi connectivity index (χ0n) is 13.0. The molecule has 1 aliphatic rings. The van der Waals surface area contributed by atoms with Crippen molar-refractivity contribution in [2.24, 2.45) is 0 Å². The summed E-state index contributed by atoms with van der Waals surface area (Å²) in [7, 11) is 0. The quantitative estimate of drug-likeness (QED) is 0.751. The molecule has 3 nitrogen and oxygen atoms in total. The van der Waals surface area contributed by atoms with E-state index >= 15 is 0 Å². The summed E-state index contributed by atoms with van der Waals surface area (Å²) in [5.74, 6) is 1.49. The Balaban J connectivity index is 0.00000220. The van der Waals surface area contributed by atoms with Gasteiger partial charge in [-0.25, -0.2) is 0 Å². The van der Waals surface area contributed by atoms with Crippen LogP contribution < -0.4 is 4.74 Å². The van der Waals surface area contributed by atoms with Crippen molar-refractivity contribution < 1.29 is 9.47 Å². The maximum Gasteiger partial charge on any atom is 0.123 e. The molecule has 1 heterocycles. The number of ether oxygens (including phenoxy) is 2. The molecule has 1 aliphatic heterocycles. The van der Waals surface area contributed by atoms with Crippen LogP contribution in [0.3, 0.4) is 0 Å². The Morgan fingerprint density at radius 2 is 1.90 bits per heavy atom. The first-order valence-corrected chi connectivity index (χ1v) is 7.44. The highest BCUT2D eigenvalue weighted by Crippen LogP contribution is 2.25. The first-order chi connectivity index (χ1) is 9.77. The van der Waals surface area contributed by atoms with Gasteiger partial charge in [-0.05, 0) is 17.5 Å². The standard InChI is InChI=1S/C17H25NO2.ClH/c1-15(2)16-7-3-4-8-17(16)20-12-6-5-9-18-10-13-19-14-11-18;/h3-8,15H,9-14H2,1-2H3;1H. The second-order valence-electron chi connectivity index (χ2n) is 5.39. The molecule has 0 atom stereocenters. The van der Waals surface area contributed by atoms with E-state index in [2.05, 4.69) is 43.0 Å². The Morgan fingerprint density at radius 3 is 2.62 bits per heavy atom. The Kier molecular flexibility index (Phi) is 8.43. The van der Waals surface area contributed by atoms with Gasteiger partial charge in [0.1, 0.15) is 12.4 Å². The summed E-state index contributed by atoms with van der Waals surface area (Å²) in [4.78, 5) is 2.39. The van der Waals surface area contributed by atoms with E-state index in [9.17, 15) is 0 Å². The van der Waals surface area contributed by atoms with Crippen LogP contribution in [0.15, 0.2) is 36.4 Å². The highest BCUT2D eigenvalue weighted by molar-refractivity contribution is 5.85. The van der Waals surface area contributed by atoms with Gasteiger partial charge in [-0.2, -0.15) is 0 Å². The van der Waals surface area contributed by atoms with Crippen molar-refractivity contribution in [3.05, 3.63) is 42.0 Å². The van der Waals surface area contributed by atoms with Gasteiger partial charge in [0, 0.05) is 19.6 Å². The number of nitrogens with zero attached hydrogens (tertiary/aromatic N) is 1. The second-order valence-corrected chi connectivity index (χ2v) is 5.39. The summed E-state index contributed by atoms with van der Waals surface area (Å²) in [5, 5.41) is 0. The molecule has 118 valence electrons. The molecule has 0 unspecified atom stereocenters. The van der Waals surface area contributed by atoms with Crippen molar-refractivity contribution in [2.45, 2.75) is 19.8 Å². The molecule has 0 aromatic heterocycles. The third-order valence-electron chi connectivity index (χ3n) is 3.51. The molecule has 1 aromatic rings. The third-order valence-corrected chi connectivity index (χ3v) is 3.51. The predicted octanol–water partition coefficient (Wildman–Crippen LogP) is 3.50. The maximum absolute atomic E-state index is 5.86. The summed E-state index contributed by atoms with van der Waals surface area (Å²) in [5.41, 5.74) is 1.27. The molecule has 0 bridgehead atoms. The minimum absolute atomic E-state index is 0. The molecule has 0 amide bonds. The molecule has 2 rings (SSSR count). The molecule has 0 aliphatic carbocycles. The molecule has 1 saturated heterocycles. The Labute approximate surface area is 134 Å². The van der Waals surface area contributed by atoms with E-state index in [0.717, 1.165) is 38.6 Å². The molecule has 0 spiro atoms. The van der Waals surface area contributed by atoms with Crippen molar-refractivity contribution in [1.29, 1.82) is 0 Å². The number of rotatable bonds is 6. The van der Waals surface area contributed by atoms with Gasteiger partial charge >= 0.3 is 0 Å². The molecular weight excluding hydrogens is 286 g/mol. The average molecular weight is 312 g/mol. The molecule has 21 heavy (non-hydrogen) atoms. The summed E-state index contributed by atoms with van der Waals surface area (Å²) < 4.78 is 11.2. The second kappa shape index (κ2) is 9.82. The molecule has 1 aromatic carbocycles. The number of para-hydroxylation sites is 1. The largest absolute Gasteiger partial charge is 0.489 e. The lowest BCUT2D eigenvalue weighted by atomic mass is 10.0. The normalized spacial score (nSPS) is 16.1. The lowest BCUT2D eigenvalue weighted by Crippen LogP contribution is -2.36. The van der Waals surface area contributed by atoms with Crippen molar-refractivity contribution in [1.82, 2.24) is 4.90 Å². The van der Waals surface area contributed by atoms with Gasteiger partial charge in [0.25, 0.3) is 0 Å². The Bertz CT molecular complexity index is 429. The molecule has 0 radical (unpaired) electrons. The third kappa shape index (κ3) is 6.08. The van der Waals surface area contributed by atoms with Crippen LogP contribution in [0.2, 0.25) is 0 Å². The lowest BCUT2D eigenvalue weighted by Gasteiger charge is -2.25. The van der Waals surface area contributed by atoms with Gasteiger partial charge in [0.15, 0.2) is 0 Å². The van der Waals surface area contributed by atoms with E-state index in [1.807, 2.05) is 12.1 Å². The van der Waals surface area contributed by atoms with Crippen LogP contribution in [0, 0.1) is 0 Å². The predicted molar refractivity (Wildman–Crippen MR) is 89.7 cm³/mol. The Hall–Kier alpha value is -1.03. The van der Waals surface area contributed by atoms with E-state index in [1.54, 1.807) is 0 Å². The molecule has 1 fully saturated rings. The topological polar surface area (TPSA) is 21.7 Å². The number of hydrogen-bond acceptors (Lipinski definition) is 3. The molecular formula is C17H26ClNO2. The van der Waals surface area contributed by atoms with Crippen LogP contribution >= 0.6 is 12.4 Å². The van der Waals surface area contributed by atoms with Crippen LogP contribution in [-0.2, 0) is 4.74 Å². The summed E-state index contributed by atoms with van der Waals surface area (Å²) in [6, 6.07) is 8.28. The zero-order valence-corrected chi connectivity index (χ0v) is 13.8. The number of benzene rings is 1. The monoisotopic (exact) mass is 311 g/mol. The first-order valence-electron chi connectivity index (χ1n) is 7.44. The lowest BCUT2D eigenvalue weighted by molar-refractivity contribution is 0.0434. The van der Waals surface area contributed by atoms with E-state index < -0.39 is 0 Å². The van der Waals surface area contributed by atoms with Crippen molar-refractivity contribution in [2.75, 3.05) is 39.5 Å². The smallest absolute Gasteiger partial charge is 0.123 e. The maximum atomic E-state index is 5.86. The SMILES string of the molecule is CC(C)c1ccccc1OCC=CCN1CCOCC1.Cl. The summed E-state index contributed by atoms with van der Waals surface area (Å²) >= 11 is 0. The molecule has 0 saturated carbocycles. The Morgan fingerprint density at radius 1 is 1.19 bits per heavy atom. The van der Waals surface area contributed by atoms with E-state index in [0.29, 0.717) is 12.5 Å². The van der Waals surface area contributed by atoms with Gasteiger partial charge < -0.3 is 9.47 Å². The number of morpholine rings is 1. The first kappa shape index (κ1) is 18.0. The van der Waals surface area contributed by atoms with E-state index in [1.165, 1.54) is 5.56 Å². The zero-order chi connectivity index (χ0) is 14.2. The highest BCUT2D eigenvalue weighted by atomic mass is 35.5. The van der Waals surface area contributed by atoms with Gasteiger partial charge in [-0.1, -0.05) is 44.2 Å². The van der Waals surface area contributed by atoms with Crippen molar-refractivity contribution in [3.63, 3.8) is 0 Å². The number of hydrogen-bond donors (Lipinski definition) is 0. The van der Waals surface area contributed by atoms with Crippen LogP contribution in [0.1, 0.15) is 25.3 Å². The van der Waals surface area contributed by atoms with E-state index in [-0.39, 0.29) is 12.4 Å². The number of halogens is 1. The van der Waals surface area contributed by atoms with Crippen molar-refractivity contribution >= 4 is 12.4 Å². The van der Waals surface area contributed by atoms with Gasteiger partial charge in [0.05, 0.1) is 13.2 Å². The average Bonchev–Trinajstić information content (AvgIpc) is 2.48. The van der Waals surface area contributed by atoms with Crippen LogP contribution in [0.25, 0.3) is 0 Å². The van der Waals surface area contributed by atoms with Gasteiger partial charge in [0.2, 0.25) is 0 Å². The van der Waals surface area contributed by atoms with Crippen LogP contribution in [0.4, 0.5) is 0 Å². The van der Waals surface area contributed by atoms with Crippen molar-refractivity contribution in [3.8, 4) is 5.75 Å². The molecule has 0 N–H and O–H groups in total. The van der Waals surface area contributed by atoms with Gasteiger partial charge in [-0.3, -0.25) is 4.90 Å². The fourth-order valence-electron chi connectivity index (χ4n) is 2.30. The minimum atomic E-state index is 0. The molecule has 4 heteroatoms. The fourth-order valence-corrected chi connectivity index (χ4v) is 2.30.